The van der Waals surface area contributed by atoms with E-state index in [0.29, 0.717) is 44.7 Å². The number of piperazine rings is 1. The van der Waals surface area contributed by atoms with Crippen LogP contribution in [-0.2, 0) is 20.9 Å². The van der Waals surface area contributed by atoms with E-state index in [9.17, 15) is 18.4 Å². The number of fused-ring (bicyclic) bond motifs is 1. The molecule has 4 rings (SSSR count). The number of hydrogen-bond donors (Lipinski definition) is 1. The van der Waals surface area contributed by atoms with Gasteiger partial charge in [0.05, 0.1) is 12.2 Å². The fourth-order valence-corrected chi connectivity index (χ4v) is 5.89. The van der Waals surface area contributed by atoms with E-state index in [1.165, 1.54) is 12.3 Å². The van der Waals surface area contributed by atoms with Crippen molar-refractivity contribution in [3.8, 4) is 0 Å². The van der Waals surface area contributed by atoms with Gasteiger partial charge in [-0.2, -0.15) is 8.78 Å². The topological polar surface area (TPSA) is 68.8 Å². The molecule has 1 N–H and O–H groups in total. The van der Waals surface area contributed by atoms with Gasteiger partial charge in [0.15, 0.2) is 0 Å². The van der Waals surface area contributed by atoms with Crippen molar-refractivity contribution >= 4 is 17.5 Å². The smallest absolute Gasteiger partial charge is 0.289 e. The molecule has 7 nitrogen and oxygen atoms in total. The molecule has 0 bridgehead atoms. The second-order valence-electron chi connectivity index (χ2n) is 12.4. The highest BCUT2D eigenvalue weighted by atomic mass is 19.3. The standard InChI is InChI=1S/C27H41F2N5O2/c1-7-8-27(28,29)22-9-21-20(12-31-22)26(5,6)17-34(21)24(36)15-32-13-18(2)30-11-19(32)14-33-16-25(3,4)10-23(33)35/h9,12,18-19,30H,7-8,10-11,13-17H2,1-6H3. The zero-order valence-electron chi connectivity index (χ0n) is 22.5. The largest absolute Gasteiger partial charge is 0.341 e. The zero-order chi connectivity index (χ0) is 26.5. The molecule has 200 valence electrons. The molecule has 2 unspecified atom stereocenters. The van der Waals surface area contributed by atoms with Gasteiger partial charge in [0, 0.05) is 74.8 Å². The van der Waals surface area contributed by atoms with Gasteiger partial charge in [0.25, 0.3) is 5.92 Å². The molecule has 2 saturated heterocycles. The lowest BCUT2D eigenvalue weighted by atomic mass is 9.88. The third kappa shape index (κ3) is 5.42. The van der Waals surface area contributed by atoms with Gasteiger partial charge in [0.1, 0.15) is 5.69 Å². The Morgan fingerprint density at radius 1 is 1.25 bits per heavy atom. The van der Waals surface area contributed by atoms with E-state index >= 15 is 0 Å². The third-order valence-electron chi connectivity index (χ3n) is 7.79. The van der Waals surface area contributed by atoms with Crippen LogP contribution in [0.5, 0.6) is 0 Å². The van der Waals surface area contributed by atoms with Gasteiger partial charge in [-0.1, -0.05) is 41.0 Å². The van der Waals surface area contributed by atoms with Gasteiger partial charge in [-0.05, 0) is 18.4 Å². The second-order valence-corrected chi connectivity index (χ2v) is 12.4. The van der Waals surface area contributed by atoms with Crippen LogP contribution in [0, 0.1) is 5.41 Å². The predicted octanol–water partition coefficient (Wildman–Crippen LogP) is 3.52. The van der Waals surface area contributed by atoms with Crippen molar-refractivity contribution in [1.29, 1.82) is 0 Å². The molecule has 3 aliphatic heterocycles. The first-order valence-corrected chi connectivity index (χ1v) is 13.2. The lowest BCUT2D eigenvalue weighted by molar-refractivity contribution is -0.128. The quantitative estimate of drug-likeness (QED) is 0.614. The number of rotatable bonds is 7. The van der Waals surface area contributed by atoms with E-state index < -0.39 is 5.92 Å². The van der Waals surface area contributed by atoms with Crippen molar-refractivity contribution in [3.63, 3.8) is 0 Å². The Hall–Kier alpha value is -2.13. The Labute approximate surface area is 213 Å². The monoisotopic (exact) mass is 505 g/mol. The molecule has 2 amide bonds. The molecule has 3 aliphatic rings. The molecular weight excluding hydrogens is 464 g/mol. The number of halogens is 2. The summed E-state index contributed by atoms with van der Waals surface area (Å²) in [5.41, 5.74) is 0.676. The van der Waals surface area contributed by atoms with E-state index in [0.717, 1.165) is 12.1 Å². The minimum absolute atomic E-state index is 0.0139. The van der Waals surface area contributed by atoms with Gasteiger partial charge >= 0.3 is 0 Å². The molecule has 0 aromatic carbocycles. The number of aromatic nitrogens is 1. The zero-order valence-corrected chi connectivity index (χ0v) is 22.5. The van der Waals surface area contributed by atoms with Crippen molar-refractivity contribution < 1.29 is 18.4 Å². The number of amides is 2. The Kier molecular flexibility index (Phi) is 7.20. The van der Waals surface area contributed by atoms with Crippen molar-refractivity contribution in [2.24, 2.45) is 5.41 Å². The normalized spacial score (nSPS) is 25.9. The second kappa shape index (κ2) is 9.63. The predicted molar refractivity (Wildman–Crippen MR) is 136 cm³/mol. The summed E-state index contributed by atoms with van der Waals surface area (Å²) in [6.07, 6.45) is 2.14. The van der Waals surface area contributed by atoms with E-state index in [2.05, 4.69) is 36.0 Å². The molecule has 2 fully saturated rings. The number of nitrogens with zero attached hydrogens (tertiary/aromatic N) is 4. The van der Waals surface area contributed by atoms with Crippen LogP contribution in [0.25, 0.3) is 0 Å². The maximum Gasteiger partial charge on any atom is 0.289 e. The molecule has 36 heavy (non-hydrogen) atoms. The Morgan fingerprint density at radius 2 is 1.97 bits per heavy atom. The Balaban J connectivity index is 1.54. The average molecular weight is 506 g/mol. The van der Waals surface area contributed by atoms with E-state index in [1.807, 2.05) is 18.7 Å². The molecule has 1 aromatic heterocycles. The van der Waals surface area contributed by atoms with E-state index in [-0.39, 0.29) is 53.4 Å². The van der Waals surface area contributed by atoms with Crippen LogP contribution < -0.4 is 10.2 Å². The molecule has 9 heteroatoms. The first-order valence-electron chi connectivity index (χ1n) is 13.2. The highest BCUT2D eigenvalue weighted by Gasteiger charge is 2.43. The van der Waals surface area contributed by atoms with Crippen molar-refractivity contribution in [1.82, 2.24) is 20.1 Å². The van der Waals surface area contributed by atoms with Crippen LogP contribution in [0.4, 0.5) is 14.5 Å². The van der Waals surface area contributed by atoms with Crippen LogP contribution in [-0.4, -0.2) is 78.0 Å². The summed E-state index contributed by atoms with van der Waals surface area (Å²) < 4.78 is 29.4. The average Bonchev–Trinajstić information content (AvgIpc) is 3.20. The molecule has 0 aliphatic carbocycles. The highest BCUT2D eigenvalue weighted by Crippen LogP contribution is 2.43. The number of hydrogen-bond acceptors (Lipinski definition) is 5. The van der Waals surface area contributed by atoms with Crippen LogP contribution in [0.1, 0.15) is 72.1 Å². The number of nitrogens with one attached hydrogen (secondary N) is 1. The summed E-state index contributed by atoms with van der Waals surface area (Å²) in [5, 5.41) is 3.48. The SMILES string of the molecule is CCCC(F)(F)c1cc2c(cn1)C(C)(C)CN2C(=O)CN1CC(C)NCC1CN1CC(C)(C)CC1=O. The molecular formula is C27H41F2N5O2. The lowest BCUT2D eigenvalue weighted by Crippen LogP contribution is -2.61. The number of carbonyl (C=O) groups is 2. The summed E-state index contributed by atoms with van der Waals surface area (Å²) in [6, 6.07) is 1.64. The van der Waals surface area contributed by atoms with Gasteiger partial charge in [0.2, 0.25) is 11.8 Å². The van der Waals surface area contributed by atoms with E-state index in [4.69, 9.17) is 0 Å². The number of alkyl halides is 2. The number of anilines is 1. The lowest BCUT2D eigenvalue weighted by Gasteiger charge is -2.41. The van der Waals surface area contributed by atoms with Crippen molar-refractivity contribution in [2.45, 2.75) is 84.2 Å². The summed E-state index contributed by atoms with van der Waals surface area (Å²) in [6.45, 7) is 15.3. The number of carbonyl (C=O) groups excluding carboxylic acids is 2. The third-order valence-corrected chi connectivity index (χ3v) is 7.79. The summed E-state index contributed by atoms with van der Waals surface area (Å²) in [7, 11) is 0. The molecule has 4 heterocycles. The highest BCUT2D eigenvalue weighted by molar-refractivity contribution is 5.97. The van der Waals surface area contributed by atoms with Crippen molar-refractivity contribution in [3.05, 3.63) is 23.5 Å². The van der Waals surface area contributed by atoms with Gasteiger partial charge in [-0.25, -0.2) is 0 Å². The molecule has 0 radical (unpaired) electrons. The summed E-state index contributed by atoms with van der Waals surface area (Å²) >= 11 is 0. The van der Waals surface area contributed by atoms with Gasteiger partial charge < -0.3 is 15.1 Å². The number of pyridine rings is 1. The molecule has 0 saturated carbocycles. The summed E-state index contributed by atoms with van der Waals surface area (Å²) in [4.78, 5) is 36.1. The Morgan fingerprint density at radius 3 is 2.61 bits per heavy atom. The van der Waals surface area contributed by atoms with Crippen LogP contribution in [0.3, 0.4) is 0 Å². The van der Waals surface area contributed by atoms with Crippen LogP contribution >= 0.6 is 0 Å². The minimum atomic E-state index is -3.03. The fraction of sp³-hybridized carbons (Fsp3) is 0.741. The van der Waals surface area contributed by atoms with Crippen molar-refractivity contribution in [2.75, 3.05) is 44.2 Å². The molecule has 1 aromatic rings. The minimum Gasteiger partial charge on any atom is -0.341 e. The maximum atomic E-state index is 14.7. The number of likely N-dealkylation sites (tertiary alicyclic amines) is 1. The summed E-state index contributed by atoms with van der Waals surface area (Å²) in [5.74, 6) is -2.97. The van der Waals surface area contributed by atoms with Crippen LogP contribution in [0.15, 0.2) is 12.3 Å². The van der Waals surface area contributed by atoms with Crippen LogP contribution in [0.2, 0.25) is 0 Å². The van der Waals surface area contributed by atoms with E-state index in [1.54, 1.807) is 11.8 Å². The molecule has 0 spiro atoms. The van der Waals surface area contributed by atoms with Gasteiger partial charge in [-0.3, -0.25) is 19.5 Å². The maximum absolute atomic E-state index is 14.7. The fourth-order valence-electron chi connectivity index (χ4n) is 5.89. The molecule has 2 atom stereocenters. The Bertz CT molecular complexity index is 1010. The van der Waals surface area contributed by atoms with Gasteiger partial charge in [-0.15, -0.1) is 0 Å². The first-order chi connectivity index (χ1) is 16.7. The first kappa shape index (κ1) is 26.9.